The fraction of sp³-hybridized carbons (Fsp3) is 0.562. The predicted octanol–water partition coefficient (Wildman–Crippen LogP) is 3.08. The monoisotopic (exact) mass is 293 g/mol. The van der Waals surface area contributed by atoms with E-state index in [1.807, 2.05) is 30.5 Å². The summed E-state index contributed by atoms with van der Waals surface area (Å²) in [6.45, 7) is 0.739. The van der Waals surface area contributed by atoms with Crippen LogP contribution in [0.3, 0.4) is 0 Å². The molecule has 0 aliphatic heterocycles. The van der Waals surface area contributed by atoms with Gasteiger partial charge in [0.05, 0.1) is 12.2 Å². The van der Waals surface area contributed by atoms with E-state index < -0.39 is 0 Å². The molecule has 1 aromatic carbocycles. The van der Waals surface area contributed by atoms with Crippen molar-refractivity contribution in [1.29, 1.82) is 0 Å². The molecule has 0 bridgehead atoms. The molecule has 2 N–H and O–H groups in total. The molecule has 1 saturated carbocycles. The summed E-state index contributed by atoms with van der Waals surface area (Å²) in [5.41, 5.74) is 0.617. The van der Waals surface area contributed by atoms with E-state index in [1.54, 1.807) is 11.8 Å². The lowest BCUT2D eigenvalue weighted by molar-refractivity contribution is 0.0716. The van der Waals surface area contributed by atoms with Crippen molar-refractivity contribution < 1.29 is 9.90 Å². The Morgan fingerprint density at radius 3 is 2.65 bits per heavy atom. The van der Waals surface area contributed by atoms with Crippen LogP contribution in [0.25, 0.3) is 0 Å². The number of nitrogens with one attached hydrogen (secondary N) is 1. The standard InChI is InChI=1S/C16H23NO2S/c1-20-14-8-4-3-7-13(14)15(19)17-11-16(12-18)9-5-2-6-10-16/h3-4,7-8,18H,2,5-6,9-12H2,1H3,(H,17,19). The van der Waals surface area contributed by atoms with Gasteiger partial charge >= 0.3 is 0 Å². The van der Waals surface area contributed by atoms with Gasteiger partial charge in [0.1, 0.15) is 0 Å². The van der Waals surface area contributed by atoms with Gasteiger partial charge in [0, 0.05) is 16.9 Å². The minimum absolute atomic E-state index is 0.0339. The summed E-state index contributed by atoms with van der Waals surface area (Å²) in [5, 5.41) is 12.7. The van der Waals surface area contributed by atoms with Gasteiger partial charge in [0.15, 0.2) is 0 Å². The molecular weight excluding hydrogens is 270 g/mol. The third-order valence-corrected chi connectivity index (χ3v) is 5.02. The maximum atomic E-state index is 12.3. The van der Waals surface area contributed by atoms with Gasteiger partial charge < -0.3 is 10.4 Å². The second-order valence-corrected chi connectivity index (χ2v) is 6.45. The van der Waals surface area contributed by atoms with Gasteiger partial charge in [-0.1, -0.05) is 31.4 Å². The molecule has 20 heavy (non-hydrogen) atoms. The van der Waals surface area contributed by atoms with Crippen LogP contribution in [0, 0.1) is 5.41 Å². The second-order valence-electron chi connectivity index (χ2n) is 5.60. The Morgan fingerprint density at radius 2 is 2.00 bits per heavy atom. The lowest BCUT2D eigenvalue weighted by atomic mass is 9.74. The normalized spacial score (nSPS) is 17.7. The average Bonchev–Trinajstić information content (AvgIpc) is 2.53. The molecule has 0 heterocycles. The van der Waals surface area contributed by atoms with Crippen molar-refractivity contribution in [2.24, 2.45) is 5.41 Å². The van der Waals surface area contributed by atoms with Crippen molar-refractivity contribution in [3.63, 3.8) is 0 Å². The summed E-state index contributed by atoms with van der Waals surface area (Å²) < 4.78 is 0. The SMILES string of the molecule is CSc1ccccc1C(=O)NCC1(CO)CCCCC1. The molecule has 1 aliphatic carbocycles. The maximum absolute atomic E-state index is 12.3. The Bertz CT molecular complexity index is 456. The van der Waals surface area contributed by atoms with Crippen LogP contribution < -0.4 is 5.32 Å². The van der Waals surface area contributed by atoms with Crippen LogP contribution in [0.5, 0.6) is 0 Å². The second kappa shape index (κ2) is 7.14. The van der Waals surface area contributed by atoms with Crippen LogP contribution in [-0.4, -0.2) is 30.4 Å². The molecule has 0 spiro atoms. The number of aliphatic hydroxyl groups is 1. The Morgan fingerprint density at radius 1 is 1.30 bits per heavy atom. The third kappa shape index (κ3) is 3.55. The molecular formula is C16H23NO2S. The molecule has 1 aliphatic rings. The molecule has 0 aromatic heterocycles. The highest BCUT2D eigenvalue weighted by Crippen LogP contribution is 2.35. The highest BCUT2D eigenvalue weighted by Gasteiger charge is 2.31. The largest absolute Gasteiger partial charge is 0.396 e. The van der Waals surface area contributed by atoms with Crippen LogP contribution in [-0.2, 0) is 0 Å². The molecule has 0 radical (unpaired) electrons. The van der Waals surface area contributed by atoms with Crippen molar-refractivity contribution in [3.8, 4) is 0 Å². The van der Waals surface area contributed by atoms with Gasteiger partial charge in [-0.15, -0.1) is 11.8 Å². The van der Waals surface area contributed by atoms with E-state index in [9.17, 15) is 9.90 Å². The zero-order valence-electron chi connectivity index (χ0n) is 12.0. The van der Waals surface area contributed by atoms with Gasteiger partial charge in [-0.05, 0) is 31.2 Å². The van der Waals surface area contributed by atoms with Gasteiger partial charge in [-0.3, -0.25) is 4.79 Å². The Balaban J connectivity index is 2.00. The number of hydrogen-bond donors (Lipinski definition) is 2. The molecule has 3 nitrogen and oxygen atoms in total. The van der Waals surface area contributed by atoms with Crippen LogP contribution in [0.2, 0.25) is 0 Å². The van der Waals surface area contributed by atoms with E-state index in [1.165, 1.54) is 6.42 Å². The molecule has 0 atom stereocenters. The number of thioether (sulfide) groups is 1. The zero-order chi connectivity index (χ0) is 14.4. The van der Waals surface area contributed by atoms with E-state index in [4.69, 9.17) is 0 Å². The van der Waals surface area contributed by atoms with Crippen molar-refractivity contribution in [1.82, 2.24) is 5.32 Å². The third-order valence-electron chi connectivity index (χ3n) is 4.23. The molecule has 1 amide bonds. The van der Waals surface area contributed by atoms with Crippen LogP contribution in [0.4, 0.5) is 0 Å². The fourth-order valence-electron chi connectivity index (χ4n) is 2.89. The first kappa shape index (κ1) is 15.4. The van der Waals surface area contributed by atoms with E-state index >= 15 is 0 Å². The topological polar surface area (TPSA) is 49.3 Å². The number of amides is 1. The summed E-state index contributed by atoms with van der Waals surface area (Å²) in [4.78, 5) is 13.3. The lowest BCUT2D eigenvalue weighted by Crippen LogP contribution is -2.41. The Hall–Kier alpha value is -1.00. The predicted molar refractivity (Wildman–Crippen MR) is 83.2 cm³/mol. The first-order chi connectivity index (χ1) is 9.71. The quantitative estimate of drug-likeness (QED) is 0.820. The molecule has 2 rings (SSSR count). The summed E-state index contributed by atoms with van der Waals surface area (Å²) in [6, 6.07) is 7.64. The molecule has 1 aromatic rings. The Kier molecular flexibility index (Phi) is 5.49. The Labute approximate surface area is 125 Å². The number of carbonyl (C=O) groups excluding carboxylic acids is 1. The number of rotatable bonds is 5. The van der Waals surface area contributed by atoms with Crippen LogP contribution in [0.1, 0.15) is 42.5 Å². The van der Waals surface area contributed by atoms with Gasteiger partial charge in [0.25, 0.3) is 5.91 Å². The summed E-state index contributed by atoms with van der Waals surface area (Å²) in [7, 11) is 0. The maximum Gasteiger partial charge on any atom is 0.252 e. The lowest BCUT2D eigenvalue weighted by Gasteiger charge is -2.35. The molecule has 1 fully saturated rings. The van der Waals surface area contributed by atoms with Gasteiger partial charge in [-0.2, -0.15) is 0 Å². The average molecular weight is 293 g/mol. The smallest absolute Gasteiger partial charge is 0.252 e. The summed E-state index contributed by atoms with van der Waals surface area (Å²) in [5.74, 6) is -0.0339. The molecule has 110 valence electrons. The van der Waals surface area contributed by atoms with Gasteiger partial charge in [0.2, 0.25) is 0 Å². The highest BCUT2D eigenvalue weighted by molar-refractivity contribution is 7.98. The van der Waals surface area contributed by atoms with Crippen molar-refractivity contribution in [3.05, 3.63) is 29.8 Å². The summed E-state index contributed by atoms with van der Waals surface area (Å²) >= 11 is 1.58. The number of hydrogen-bond acceptors (Lipinski definition) is 3. The number of aliphatic hydroxyl groups excluding tert-OH is 1. The number of carbonyl (C=O) groups is 1. The zero-order valence-corrected chi connectivity index (χ0v) is 12.8. The minimum atomic E-state index is -0.109. The van der Waals surface area contributed by atoms with E-state index in [0.717, 1.165) is 36.1 Å². The first-order valence-corrected chi connectivity index (χ1v) is 8.45. The molecule has 0 unspecified atom stereocenters. The van der Waals surface area contributed by atoms with Crippen molar-refractivity contribution >= 4 is 17.7 Å². The van der Waals surface area contributed by atoms with Crippen molar-refractivity contribution in [2.75, 3.05) is 19.4 Å². The molecule has 0 saturated heterocycles. The van der Waals surface area contributed by atoms with Crippen LogP contribution in [0.15, 0.2) is 29.2 Å². The van der Waals surface area contributed by atoms with E-state index in [0.29, 0.717) is 6.54 Å². The van der Waals surface area contributed by atoms with Crippen molar-refractivity contribution in [2.45, 2.75) is 37.0 Å². The fourth-order valence-corrected chi connectivity index (χ4v) is 3.48. The van der Waals surface area contributed by atoms with E-state index in [-0.39, 0.29) is 17.9 Å². The molecule has 4 heteroatoms. The highest BCUT2D eigenvalue weighted by atomic mass is 32.2. The van der Waals surface area contributed by atoms with E-state index in [2.05, 4.69) is 5.32 Å². The van der Waals surface area contributed by atoms with Crippen LogP contribution >= 0.6 is 11.8 Å². The first-order valence-electron chi connectivity index (χ1n) is 7.23. The number of benzene rings is 1. The minimum Gasteiger partial charge on any atom is -0.396 e. The van der Waals surface area contributed by atoms with Gasteiger partial charge in [-0.25, -0.2) is 0 Å². The summed E-state index contributed by atoms with van der Waals surface area (Å²) in [6.07, 6.45) is 7.53.